The number of Topliss-reactive ketones (excluding diaryl/α,β-unsaturated/α-hetero) is 1. The average molecular weight is 289 g/mol. The predicted octanol–water partition coefficient (Wildman–Crippen LogP) is 2.68. The van der Waals surface area contributed by atoms with Gasteiger partial charge in [-0.15, -0.1) is 0 Å². The molecule has 1 aromatic carbocycles. The van der Waals surface area contributed by atoms with Gasteiger partial charge < -0.3 is 10.5 Å². The molecule has 1 aliphatic heterocycles. The van der Waals surface area contributed by atoms with Crippen LogP contribution in [0.3, 0.4) is 0 Å². The number of aromatic nitrogens is 1. The molecule has 4 nitrogen and oxygen atoms in total. The number of carbonyl (C=O) groups is 1. The zero-order valence-corrected chi connectivity index (χ0v) is 11.5. The van der Waals surface area contributed by atoms with Gasteiger partial charge in [0.1, 0.15) is 11.4 Å². The van der Waals surface area contributed by atoms with Crippen molar-refractivity contribution in [3.05, 3.63) is 52.3 Å². The monoisotopic (exact) mass is 288 g/mol. The lowest BCUT2D eigenvalue weighted by Crippen LogP contribution is -2.10. The van der Waals surface area contributed by atoms with Crippen molar-refractivity contribution in [1.82, 2.24) is 4.98 Å². The van der Waals surface area contributed by atoms with E-state index in [1.165, 1.54) is 0 Å². The number of nitrogens with zero attached hydrogens (tertiary/aromatic N) is 1. The summed E-state index contributed by atoms with van der Waals surface area (Å²) in [6.45, 7) is 0.628. The number of hydrogen-bond donors (Lipinski definition) is 1. The maximum Gasteiger partial charge on any atom is 0.187 e. The molecule has 0 unspecified atom stereocenters. The van der Waals surface area contributed by atoms with E-state index in [0.29, 0.717) is 23.0 Å². The fraction of sp³-hybridized carbons (Fsp3) is 0.200. The highest BCUT2D eigenvalue weighted by Gasteiger charge is 2.21. The van der Waals surface area contributed by atoms with Gasteiger partial charge in [0.05, 0.1) is 12.3 Å². The molecule has 0 spiro atoms. The van der Waals surface area contributed by atoms with Gasteiger partial charge in [-0.25, -0.2) is 0 Å². The van der Waals surface area contributed by atoms with Gasteiger partial charge >= 0.3 is 0 Å². The smallest absolute Gasteiger partial charge is 0.187 e. The fourth-order valence-corrected chi connectivity index (χ4v) is 2.65. The first-order valence-electron chi connectivity index (χ1n) is 6.33. The first-order valence-corrected chi connectivity index (χ1v) is 6.71. The second kappa shape index (κ2) is 5.13. The SMILES string of the molecule is Nc1cccnc1C(=O)Cc1cc(Cl)cc2c1OCC2. The molecule has 5 heteroatoms. The quantitative estimate of drug-likeness (QED) is 0.882. The summed E-state index contributed by atoms with van der Waals surface area (Å²) in [5, 5.41) is 0.617. The summed E-state index contributed by atoms with van der Waals surface area (Å²) in [5.74, 6) is 0.639. The molecule has 20 heavy (non-hydrogen) atoms. The molecule has 0 fully saturated rings. The van der Waals surface area contributed by atoms with Gasteiger partial charge in [0.15, 0.2) is 5.78 Å². The van der Waals surface area contributed by atoms with Crippen LogP contribution in [0.5, 0.6) is 5.75 Å². The third-order valence-corrected chi connectivity index (χ3v) is 3.50. The lowest BCUT2D eigenvalue weighted by atomic mass is 10.0. The normalized spacial score (nSPS) is 12.8. The van der Waals surface area contributed by atoms with E-state index in [-0.39, 0.29) is 12.2 Å². The summed E-state index contributed by atoms with van der Waals surface area (Å²) in [7, 11) is 0. The van der Waals surface area contributed by atoms with Gasteiger partial charge in [-0.3, -0.25) is 9.78 Å². The van der Waals surface area contributed by atoms with Gasteiger partial charge in [0.2, 0.25) is 0 Å². The van der Waals surface area contributed by atoms with Gasteiger partial charge in [-0.05, 0) is 29.8 Å². The van der Waals surface area contributed by atoms with Crippen LogP contribution in [-0.2, 0) is 12.8 Å². The molecular weight excluding hydrogens is 276 g/mol. The third-order valence-electron chi connectivity index (χ3n) is 3.28. The summed E-state index contributed by atoms with van der Waals surface area (Å²) in [6, 6.07) is 7.02. The van der Waals surface area contributed by atoms with Gasteiger partial charge in [-0.2, -0.15) is 0 Å². The molecule has 1 aliphatic rings. The average Bonchev–Trinajstić information content (AvgIpc) is 2.87. The number of ketones is 1. The topological polar surface area (TPSA) is 65.2 Å². The first-order chi connectivity index (χ1) is 9.65. The van der Waals surface area contributed by atoms with E-state index in [9.17, 15) is 4.79 Å². The molecular formula is C15H13ClN2O2. The van der Waals surface area contributed by atoms with E-state index in [1.807, 2.05) is 6.07 Å². The lowest BCUT2D eigenvalue weighted by Gasteiger charge is -2.09. The molecule has 0 amide bonds. The Hall–Kier alpha value is -2.07. The number of fused-ring (bicyclic) bond motifs is 1. The highest BCUT2D eigenvalue weighted by Crippen LogP contribution is 2.33. The molecule has 102 valence electrons. The zero-order chi connectivity index (χ0) is 14.1. The van der Waals surface area contributed by atoms with Crippen molar-refractivity contribution in [3.63, 3.8) is 0 Å². The minimum atomic E-state index is -0.136. The molecule has 1 aromatic heterocycles. The largest absolute Gasteiger partial charge is 0.493 e. The van der Waals surface area contributed by atoms with E-state index < -0.39 is 0 Å². The third kappa shape index (κ3) is 2.34. The maximum absolute atomic E-state index is 12.3. The molecule has 0 radical (unpaired) electrons. The summed E-state index contributed by atoms with van der Waals surface area (Å²) in [6.07, 6.45) is 2.56. The molecule has 0 aliphatic carbocycles. The first kappa shape index (κ1) is 12.9. The summed E-state index contributed by atoms with van der Waals surface area (Å²) < 4.78 is 5.59. The minimum absolute atomic E-state index is 0.136. The van der Waals surface area contributed by atoms with Crippen LogP contribution in [0.1, 0.15) is 21.6 Å². The van der Waals surface area contributed by atoms with Crippen LogP contribution in [0.15, 0.2) is 30.5 Å². The predicted molar refractivity (Wildman–Crippen MR) is 77.3 cm³/mol. The zero-order valence-electron chi connectivity index (χ0n) is 10.7. The number of hydrogen-bond acceptors (Lipinski definition) is 4. The highest BCUT2D eigenvalue weighted by atomic mass is 35.5. The second-order valence-corrected chi connectivity index (χ2v) is 5.13. The number of anilines is 1. The van der Waals surface area contributed by atoms with Crippen LogP contribution in [0.2, 0.25) is 5.02 Å². The van der Waals surface area contributed by atoms with Crippen molar-refractivity contribution in [2.75, 3.05) is 12.3 Å². The van der Waals surface area contributed by atoms with Gasteiger partial charge in [0.25, 0.3) is 0 Å². The van der Waals surface area contributed by atoms with Crippen molar-refractivity contribution < 1.29 is 9.53 Å². The van der Waals surface area contributed by atoms with Gasteiger partial charge in [-0.1, -0.05) is 11.6 Å². The van der Waals surface area contributed by atoms with Crippen LogP contribution in [0, 0.1) is 0 Å². The van der Waals surface area contributed by atoms with Crippen LogP contribution in [-0.4, -0.2) is 17.4 Å². The molecule has 3 rings (SSSR count). The number of rotatable bonds is 3. The van der Waals surface area contributed by atoms with E-state index in [2.05, 4.69) is 4.98 Å². The Morgan fingerprint density at radius 1 is 1.45 bits per heavy atom. The van der Waals surface area contributed by atoms with Crippen LogP contribution < -0.4 is 10.5 Å². The number of nitrogen functional groups attached to an aromatic ring is 1. The fourth-order valence-electron chi connectivity index (χ4n) is 2.38. The molecule has 0 saturated heterocycles. The Balaban J connectivity index is 1.93. The van der Waals surface area contributed by atoms with Crippen LogP contribution in [0.25, 0.3) is 0 Å². The lowest BCUT2D eigenvalue weighted by molar-refractivity contribution is 0.0988. The number of nitrogens with two attached hydrogens (primary N) is 1. The molecule has 0 saturated carbocycles. The standard InChI is InChI=1S/C15H13ClN2O2/c16-11-6-9-3-5-20-15(9)10(7-11)8-13(19)14-12(17)2-1-4-18-14/h1-2,4,6-7H,3,5,8,17H2. The van der Waals surface area contributed by atoms with E-state index in [1.54, 1.807) is 24.4 Å². The van der Waals surface area contributed by atoms with Crippen molar-refractivity contribution in [1.29, 1.82) is 0 Å². The molecule has 0 bridgehead atoms. The number of ether oxygens (including phenoxy) is 1. The van der Waals surface area contributed by atoms with E-state index in [0.717, 1.165) is 23.3 Å². The van der Waals surface area contributed by atoms with E-state index >= 15 is 0 Å². The molecule has 2 heterocycles. The molecule has 2 N–H and O–H groups in total. The van der Waals surface area contributed by atoms with Crippen molar-refractivity contribution in [3.8, 4) is 5.75 Å². The van der Waals surface area contributed by atoms with E-state index in [4.69, 9.17) is 22.1 Å². The van der Waals surface area contributed by atoms with Crippen LogP contribution in [0.4, 0.5) is 5.69 Å². The van der Waals surface area contributed by atoms with Crippen molar-refractivity contribution in [2.45, 2.75) is 12.8 Å². The Kier molecular flexibility index (Phi) is 3.32. The summed E-state index contributed by atoms with van der Waals surface area (Å²) >= 11 is 6.08. The summed E-state index contributed by atoms with van der Waals surface area (Å²) in [4.78, 5) is 16.3. The maximum atomic E-state index is 12.3. The highest BCUT2D eigenvalue weighted by molar-refractivity contribution is 6.30. The Morgan fingerprint density at radius 3 is 3.10 bits per heavy atom. The number of halogens is 1. The minimum Gasteiger partial charge on any atom is -0.493 e. The van der Waals surface area contributed by atoms with Crippen molar-refractivity contribution in [2.24, 2.45) is 0 Å². The Bertz CT molecular complexity index is 686. The summed E-state index contributed by atoms with van der Waals surface area (Å²) in [5.41, 5.74) is 8.30. The van der Waals surface area contributed by atoms with Gasteiger partial charge in [0, 0.05) is 29.6 Å². The van der Waals surface area contributed by atoms with Crippen LogP contribution >= 0.6 is 11.6 Å². The second-order valence-electron chi connectivity index (χ2n) is 4.69. The Labute approximate surface area is 121 Å². The molecule has 0 atom stereocenters. The number of benzene rings is 1. The van der Waals surface area contributed by atoms with Crippen molar-refractivity contribution >= 4 is 23.1 Å². The number of carbonyl (C=O) groups excluding carboxylic acids is 1. The Morgan fingerprint density at radius 2 is 2.30 bits per heavy atom. The number of pyridine rings is 1. The molecule has 2 aromatic rings.